The van der Waals surface area contributed by atoms with Crippen LogP contribution < -0.4 is 10.2 Å². The fraction of sp³-hybridized carbons (Fsp3) is 0.357. The van der Waals surface area contributed by atoms with Gasteiger partial charge in [-0.3, -0.25) is 9.78 Å². The number of thiazole rings is 1. The molecule has 1 N–H and O–H groups in total. The lowest BCUT2D eigenvalue weighted by Crippen LogP contribution is -2.38. The van der Waals surface area contributed by atoms with Gasteiger partial charge in [0.05, 0.1) is 5.75 Å². The molecule has 0 aliphatic carbocycles. The summed E-state index contributed by atoms with van der Waals surface area (Å²) in [5.74, 6) is 0.528. The standard InChI is InChI=1S/C14H16N4OS2/c19-13(10-21-12-1-4-15-5-2-12)17-11-3-7-18(9-11)14-16-6-8-20-14/h1-2,4-6,8,11H,3,7,9-10H2,(H,17,19). The molecule has 3 rings (SSSR count). The number of aromatic nitrogens is 2. The van der Waals surface area contributed by atoms with Gasteiger partial charge in [-0.15, -0.1) is 23.1 Å². The summed E-state index contributed by atoms with van der Waals surface area (Å²) in [5.41, 5.74) is 0. The number of hydrogen-bond acceptors (Lipinski definition) is 6. The maximum absolute atomic E-state index is 12.0. The molecule has 0 saturated carbocycles. The first-order valence-electron chi connectivity index (χ1n) is 6.78. The number of hydrogen-bond donors (Lipinski definition) is 1. The Hall–Kier alpha value is -1.60. The van der Waals surface area contributed by atoms with Crippen molar-refractivity contribution in [2.24, 2.45) is 0 Å². The number of amides is 1. The third-order valence-electron chi connectivity index (χ3n) is 3.26. The summed E-state index contributed by atoms with van der Waals surface area (Å²) >= 11 is 3.18. The molecule has 0 spiro atoms. The van der Waals surface area contributed by atoms with Crippen LogP contribution in [0.4, 0.5) is 5.13 Å². The molecule has 1 saturated heterocycles. The van der Waals surface area contributed by atoms with Crippen molar-refractivity contribution in [1.82, 2.24) is 15.3 Å². The van der Waals surface area contributed by atoms with Gasteiger partial charge >= 0.3 is 0 Å². The van der Waals surface area contributed by atoms with E-state index in [2.05, 4.69) is 20.2 Å². The largest absolute Gasteiger partial charge is 0.351 e. The summed E-state index contributed by atoms with van der Waals surface area (Å²) in [6.07, 6.45) is 6.27. The first kappa shape index (κ1) is 14.3. The lowest BCUT2D eigenvalue weighted by atomic mass is 10.3. The predicted octanol–water partition coefficient (Wildman–Crippen LogP) is 2.03. The lowest BCUT2D eigenvalue weighted by Gasteiger charge is -2.15. The molecule has 1 unspecified atom stereocenters. The maximum Gasteiger partial charge on any atom is 0.230 e. The van der Waals surface area contributed by atoms with Crippen molar-refractivity contribution in [1.29, 1.82) is 0 Å². The average Bonchev–Trinajstić information content (AvgIpc) is 3.17. The predicted molar refractivity (Wildman–Crippen MR) is 85.8 cm³/mol. The normalized spacial score (nSPS) is 17.9. The van der Waals surface area contributed by atoms with Gasteiger partial charge in [-0.25, -0.2) is 4.98 Å². The van der Waals surface area contributed by atoms with Crippen LogP contribution in [0.25, 0.3) is 0 Å². The summed E-state index contributed by atoms with van der Waals surface area (Å²) in [4.78, 5) is 23.6. The van der Waals surface area contributed by atoms with Crippen LogP contribution in [0.5, 0.6) is 0 Å². The van der Waals surface area contributed by atoms with Crippen LogP contribution in [0.3, 0.4) is 0 Å². The quantitative estimate of drug-likeness (QED) is 0.854. The molecule has 1 aliphatic rings. The van der Waals surface area contributed by atoms with Crippen molar-refractivity contribution in [3.63, 3.8) is 0 Å². The highest BCUT2D eigenvalue weighted by Gasteiger charge is 2.25. The van der Waals surface area contributed by atoms with Gasteiger partial charge in [-0.2, -0.15) is 0 Å². The van der Waals surface area contributed by atoms with Gasteiger partial charge in [0.25, 0.3) is 0 Å². The molecule has 1 atom stereocenters. The van der Waals surface area contributed by atoms with Crippen molar-refractivity contribution >= 4 is 34.1 Å². The summed E-state index contributed by atoms with van der Waals surface area (Å²) in [6, 6.07) is 4.05. The Morgan fingerprint density at radius 2 is 2.29 bits per heavy atom. The minimum Gasteiger partial charge on any atom is -0.351 e. The Morgan fingerprint density at radius 1 is 1.43 bits per heavy atom. The minimum atomic E-state index is 0.0859. The maximum atomic E-state index is 12.0. The third-order valence-corrected chi connectivity index (χ3v) is 5.11. The second-order valence-electron chi connectivity index (χ2n) is 4.79. The zero-order valence-electron chi connectivity index (χ0n) is 11.4. The first-order valence-corrected chi connectivity index (χ1v) is 8.64. The molecule has 21 heavy (non-hydrogen) atoms. The van der Waals surface area contributed by atoms with Crippen molar-refractivity contribution in [3.05, 3.63) is 36.1 Å². The molecule has 110 valence electrons. The molecule has 1 aliphatic heterocycles. The van der Waals surface area contributed by atoms with Crippen molar-refractivity contribution in [2.75, 3.05) is 23.7 Å². The number of thioether (sulfide) groups is 1. The summed E-state index contributed by atoms with van der Waals surface area (Å²) < 4.78 is 0. The fourth-order valence-corrected chi connectivity index (χ4v) is 3.65. The second kappa shape index (κ2) is 6.91. The molecule has 3 heterocycles. The topological polar surface area (TPSA) is 58.1 Å². The molecule has 5 nitrogen and oxygen atoms in total. The number of carbonyl (C=O) groups excluding carboxylic acids is 1. The van der Waals surface area contributed by atoms with Crippen LogP contribution in [0, 0.1) is 0 Å². The highest BCUT2D eigenvalue weighted by molar-refractivity contribution is 8.00. The number of rotatable bonds is 5. The van der Waals surface area contributed by atoms with Crippen molar-refractivity contribution in [3.8, 4) is 0 Å². The van der Waals surface area contributed by atoms with Gasteiger partial charge in [0.15, 0.2) is 5.13 Å². The van der Waals surface area contributed by atoms with Crippen molar-refractivity contribution < 1.29 is 4.79 Å². The Balaban J connectivity index is 1.43. The van der Waals surface area contributed by atoms with E-state index in [1.165, 1.54) is 11.8 Å². The van der Waals surface area contributed by atoms with Gasteiger partial charge in [-0.05, 0) is 18.6 Å². The number of carbonyl (C=O) groups is 1. The fourth-order valence-electron chi connectivity index (χ4n) is 2.28. The van der Waals surface area contributed by atoms with E-state index in [0.717, 1.165) is 29.5 Å². The van der Waals surface area contributed by atoms with E-state index in [1.807, 2.05) is 23.7 Å². The molecule has 0 bridgehead atoms. The molecule has 2 aromatic rings. The van der Waals surface area contributed by atoms with Gasteiger partial charge in [-0.1, -0.05) is 0 Å². The molecular weight excluding hydrogens is 304 g/mol. The van der Waals surface area contributed by atoms with Crippen LogP contribution in [-0.4, -0.2) is 40.8 Å². The van der Waals surface area contributed by atoms with Crippen LogP contribution in [0.15, 0.2) is 41.0 Å². The summed E-state index contributed by atoms with van der Waals surface area (Å²) in [5, 5.41) is 6.12. The molecule has 1 amide bonds. The Morgan fingerprint density at radius 3 is 3.05 bits per heavy atom. The van der Waals surface area contributed by atoms with Crippen LogP contribution >= 0.6 is 23.1 Å². The molecule has 1 fully saturated rings. The SMILES string of the molecule is O=C(CSc1ccncc1)NC1CCN(c2nccs2)C1. The van der Waals surface area contributed by atoms with E-state index >= 15 is 0 Å². The second-order valence-corrected chi connectivity index (χ2v) is 6.71. The first-order chi connectivity index (χ1) is 10.3. The monoisotopic (exact) mass is 320 g/mol. The van der Waals surface area contributed by atoms with Gasteiger partial charge < -0.3 is 10.2 Å². The van der Waals surface area contributed by atoms with Crippen LogP contribution in [-0.2, 0) is 4.79 Å². The van der Waals surface area contributed by atoms with Gasteiger partial charge in [0.1, 0.15) is 0 Å². The van der Waals surface area contributed by atoms with E-state index in [1.54, 1.807) is 23.7 Å². The summed E-state index contributed by atoms with van der Waals surface area (Å²) in [7, 11) is 0. The number of anilines is 1. The molecule has 2 aromatic heterocycles. The zero-order chi connectivity index (χ0) is 14.5. The van der Waals surface area contributed by atoms with Crippen molar-refractivity contribution in [2.45, 2.75) is 17.4 Å². The molecule has 0 radical (unpaired) electrons. The molecule has 7 heteroatoms. The lowest BCUT2D eigenvalue weighted by molar-refractivity contribution is -0.119. The van der Waals surface area contributed by atoms with E-state index in [0.29, 0.717) is 5.75 Å². The van der Waals surface area contributed by atoms with Gasteiger partial charge in [0, 0.05) is 48.0 Å². The number of nitrogens with one attached hydrogen (secondary N) is 1. The minimum absolute atomic E-state index is 0.0859. The molecular formula is C14H16N4OS2. The Labute approximate surface area is 131 Å². The average molecular weight is 320 g/mol. The smallest absolute Gasteiger partial charge is 0.230 e. The van der Waals surface area contributed by atoms with E-state index in [-0.39, 0.29) is 11.9 Å². The third kappa shape index (κ3) is 3.95. The number of nitrogens with zero attached hydrogens (tertiary/aromatic N) is 3. The summed E-state index contributed by atoms with van der Waals surface area (Å²) in [6.45, 7) is 1.80. The van der Waals surface area contributed by atoms with Crippen LogP contribution in [0.2, 0.25) is 0 Å². The van der Waals surface area contributed by atoms with Crippen LogP contribution in [0.1, 0.15) is 6.42 Å². The van der Waals surface area contributed by atoms with E-state index < -0.39 is 0 Å². The Kier molecular flexibility index (Phi) is 4.72. The van der Waals surface area contributed by atoms with E-state index in [4.69, 9.17) is 0 Å². The van der Waals surface area contributed by atoms with E-state index in [9.17, 15) is 4.79 Å². The number of pyridine rings is 1. The Bertz CT molecular complexity index is 576. The highest BCUT2D eigenvalue weighted by Crippen LogP contribution is 2.22. The highest BCUT2D eigenvalue weighted by atomic mass is 32.2. The van der Waals surface area contributed by atoms with Gasteiger partial charge in [0.2, 0.25) is 5.91 Å². The molecule has 0 aromatic carbocycles. The zero-order valence-corrected chi connectivity index (χ0v) is 13.1.